The third kappa shape index (κ3) is 2.42. The Balaban J connectivity index is 2.51. The number of rotatable bonds is 2. The fraction of sp³-hybridized carbons (Fsp3) is 0.0833. The molecule has 0 aliphatic rings. The van der Waals surface area contributed by atoms with Crippen molar-refractivity contribution in [3.8, 4) is 11.3 Å². The number of carbonyl (C=O) groups is 1. The molecule has 1 aromatic heterocycles. The summed E-state index contributed by atoms with van der Waals surface area (Å²) in [5.41, 5.74) is 1.65. The number of ether oxygens (including phenoxy) is 1. The van der Waals surface area contributed by atoms with Crippen molar-refractivity contribution in [3.63, 3.8) is 0 Å². The first kappa shape index (κ1) is 11.5. The SMILES string of the molecule is COC(=O)c1cncnc1-c1ccc(Cl)cc1. The molecule has 2 rings (SSSR count). The second-order valence-electron chi connectivity index (χ2n) is 3.28. The maximum absolute atomic E-state index is 11.5. The van der Waals surface area contributed by atoms with Crippen LogP contribution in [0.4, 0.5) is 0 Å². The third-order valence-electron chi connectivity index (χ3n) is 2.24. The molecule has 17 heavy (non-hydrogen) atoms. The molecule has 1 aromatic carbocycles. The summed E-state index contributed by atoms with van der Waals surface area (Å²) in [4.78, 5) is 19.5. The van der Waals surface area contributed by atoms with Crippen molar-refractivity contribution >= 4 is 17.6 Å². The first-order valence-electron chi connectivity index (χ1n) is 4.86. The van der Waals surface area contributed by atoms with Crippen molar-refractivity contribution in [1.29, 1.82) is 0 Å². The maximum atomic E-state index is 11.5. The smallest absolute Gasteiger partial charge is 0.341 e. The number of nitrogens with zero attached hydrogens (tertiary/aromatic N) is 2. The van der Waals surface area contributed by atoms with Crippen LogP contribution in [-0.2, 0) is 4.74 Å². The lowest BCUT2D eigenvalue weighted by molar-refractivity contribution is 0.0600. The number of aromatic nitrogens is 2. The highest BCUT2D eigenvalue weighted by molar-refractivity contribution is 6.30. The zero-order valence-corrected chi connectivity index (χ0v) is 9.81. The van der Waals surface area contributed by atoms with Crippen LogP contribution in [0.15, 0.2) is 36.8 Å². The quantitative estimate of drug-likeness (QED) is 0.767. The third-order valence-corrected chi connectivity index (χ3v) is 2.49. The predicted molar refractivity (Wildman–Crippen MR) is 63.8 cm³/mol. The van der Waals surface area contributed by atoms with Gasteiger partial charge in [0, 0.05) is 16.8 Å². The van der Waals surface area contributed by atoms with Crippen LogP contribution in [0.3, 0.4) is 0 Å². The Kier molecular flexibility index (Phi) is 3.35. The Hall–Kier alpha value is -1.94. The van der Waals surface area contributed by atoms with Crippen molar-refractivity contribution < 1.29 is 9.53 Å². The first-order chi connectivity index (χ1) is 8.22. The van der Waals surface area contributed by atoms with E-state index in [-0.39, 0.29) is 0 Å². The molecular weight excluding hydrogens is 240 g/mol. The van der Waals surface area contributed by atoms with Crippen molar-refractivity contribution in [2.75, 3.05) is 7.11 Å². The summed E-state index contributed by atoms with van der Waals surface area (Å²) < 4.78 is 4.68. The van der Waals surface area contributed by atoms with Gasteiger partial charge in [0.1, 0.15) is 11.9 Å². The molecule has 0 spiro atoms. The van der Waals surface area contributed by atoms with Gasteiger partial charge in [0.2, 0.25) is 0 Å². The monoisotopic (exact) mass is 248 g/mol. The van der Waals surface area contributed by atoms with Crippen LogP contribution >= 0.6 is 11.6 Å². The number of carbonyl (C=O) groups excluding carboxylic acids is 1. The van der Waals surface area contributed by atoms with Crippen LogP contribution in [0, 0.1) is 0 Å². The van der Waals surface area contributed by atoms with E-state index in [0.29, 0.717) is 16.3 Å². The van der Waals surface area contributed by atoms with Crippen molar-refractivity contribution in [2.45, 2.75) is 0 Å². The largest absolute Gasteiger partial charge is 0.465 e. The molecule has 0 N–H and O–H groups in total. The highest BCUT2D eigenvalue weighted by Crippen LogP contribution is 2.22. The lowest BCUT2D eigenvalue weighted by Gasteiger charge is -2.05. The molecule has 0 amide bonds. The van der Waals surface area contributed by atoms with Gasteiger partial charge < -0.3 is 4.74 Å². The Morgan fingerprint density at radius 1 is 1.29 bits per heavy atom. The molecule has 0 unspecified atom stereocenters. The fourth-order valence-electron chi connectivity index (χ4n) is 1.43. The van der Waals surface area contributed by atoms with E-state index in [4.69, 9.17) is 11.6 Å². The molecule has 5 heteroatoms. The minimum atomic E-state index is -0.462. The second kappa shape index (κ2) is 4.93. The van der Waals surface area contributed by atoms with Crippen molar-refractivity contribution in [2.24, 2.45) is 0 Å². The molecule has 0 bridgehead atoms. The minimum Gasteiger partial charge on any atom is -0.465 e. The summed E-state index contributed by atoms with van der Waals surface area (Å²) >= 11 is 5.80. The number of methoxy groups -OCH3 is 1. The molecule has 0 atom stereocenters. The van der Waals surface area contributed by atoms with Crippen LogP contribution in [-0.4, -0.2) is 23.0 Å². The maximum Gasteiger partial charge on any atom is 0.341 e. The Morgan fingerprint density at radius 2 is 2.00 bits per heavy atom. The molecule has 1 heterocycles. The average Bonchev–Trinajstić information content (AvgIpc) is 2.39. The van der Waals surface area contributed by atoms with Gasteiger partial charge in [-0.05, 0) is 12.1 Å². The van der Waals surface area contributed by atoms with Gasteiger partial charge in [0.05, 0.1) is 12.8 Å². The fourth-order valence-corrected chi connectivity index (χ4v) is 1.55. The normalized spacial score (nSPS) is 10.0. The molecule has 0 aliphatic carbocycles. The van der Waals surface area contributed by atoms with Crippen LogP contribution in [0.25, 0.3) is 11.3 Å². The Bertz CT molecular complexity index is 540. The van der Waals surface area contributed by atoms with Crippen molar-refractivity contribution in [3.05, 3.63) is 47.4 Å². The molecule has 0 saturated carbocycles. The van der Waals surface area contributed by atoms with Crippen LogP contribution in [0.1, 0.15) is 10.4 Å². The van der Waals surface area contributed by atoms with Gasteiger partial charge in [0.25, 0.3) is 0 Å². The van der Waals surface area contributed by atoms with E-state index in [1.54, 1.807) is 24.3 Å². The minimum absolute atomic E-state index is 0.331. The van der Waals surface area contributed by atoms with E-state index in [9.17, 15) is 4.79 Å². The number of benzene rings is 1. The average molecular weight is 249 g/mol. The zero-order valence-electron chi connectivity index (χ0n) is 9.05. The highest BCUT2D eigenvalue weighted by atomic mass is 35.5. The summed E-state index contributed by atoms with van der Waals surface area (Å²) in [7, 11) is 1.32. The van der Waals surface area contributed by atoms with Crippen LogP contribution in [0.2, 0.25) is 5.02 Å². The lowest BCUT2D eigenvalue weighted by Crippen LogP contribution is -2.05. The lowest BCUT2D eigenvalue weighted by atomic mass is 10.1. The van der Waals surface area contributed by atoms with Crippen LogP contribution in [0.5, 0.6) is 0 Å². The van der Waals surface area contributed by atoms with Gasteiger partial charge in [-0.2, -0.15) is 0 Å². The van der Waals surface area contributed by atoms with Gasteiger partial charge in [-0.1, -0.05) is 23.7 Å². The summed E-state index contributed by atoms with van der Waals surface area (Å²) in [5.74, 6) is -0.462. The Morgan fingerprint density at radius 3 is 2.65 bits per heavy atom. The van der Waals surface area contributed by atoms with Crippen LogP contribution < -0.4 is 0 Å². The predicted octanol–water partition coefficient (Wildman–Crippen LogP) is 2.58. The number of halogens is 1. The van der Waals surface area contributed by atoms with E-state index < -0.39 is 5.97 Å². The van der Waals surface area contributed by atoms with Crippen molar-refractivity contribution in [1.82, 2.24) is 9.97 Å². The molecule has 0 aliphatic heterocycles. The second-order valence-corrected chi connectivity index (χ2v) is 3.72. The molecule has 2 aromatic rings. The molecule has 4 nitrogen and oxygen atoms in total. The molecule has 86 valence electrons. The summed E-state index contributed by atoms with van der Waals surface area (Å²) in [6.45, 7) is 0. The summed E-state index contributed by atoms with van der Waals surface area (Å²) in [5, 5.41) is 0.627. The van der Waals surface area contributed by atoms with E-state index in [1.165, 1.54) is 19.6 Å². The van der Waals surface area contributed by atoms with E-state index in [0.717, 1.165) is 5.56 Å². The number of hydrogen-bond donors (Lipinski definition) is 0. The number of esters is 1. The van der Waals surface area contributed by atoms with E-state index in [2.05, 4.69) is 14.7 Å². The first-order valence-corrected chi connectivity index (χ1v) is 5.24. The van der Waals surface area contributed by atoms with Gasteiger partial charge >= 0.3 is 5.97 Å². The van der Waals surface area contributed by atoms with Gasteiger partial charge in [-0.25, -0.2) is 14.8 Å². The summed E-state index contributed by atoms with van der Waals surface area (Å²) in [6, 6.07) is 7.05. The number of hydrogen-bond acceptors (Lipinski definition) is 4. The van der Waals surface area contributed by atoms with Gasteiger partial charge in [-0.15, -0.1) is 0 Å². The summed E-state index contributed by atoms with van der Waals surface area (Å²) in [6.07, 6.45) is 2.82. The highest BCUT2D eigenvalue weighted by Gasteiger charge is 2.14. The standard InChI is InChI=1S/C12H9ClN2O2/c1-17-12(16)10-6-14-7-15-11(10)8-2-4-9(13)5-3-8/h2-7H,1H3. The van der Waals surface area contributed by atoms with E-state index >= 15 is 0 Å². The van der Waals surface area contributed by atoms with E-state index in [1.807, 2.05) is 0 Å². The zero-order chi connectivity index (χ0) is 12.3. The topological polar surface area (TPSA) is 52.1 Å². The molecular formula is C12H9ClN2O2. The molecule has 0 saturated heterocycles. The molecule has 0 fully saturated rings. The molecule has 0 radical (unpaired) electrons. The van der Waals surface area contributed by atoms with Gasteiger partial charge in [0.15, 0.2) is 0 Å². The van der Waals surface area contributed by atoms with Gasteiger partial charge in [-0.3, -0.25) is 0 Å². The Labute approximate surface area is 103 Å².